The van der Waals surface area contributed by atoms with E-state index in [0.29, 0.717) is 19.3 Å². The van der Waals surface area contributed by atoms with E-state index in [2.05, 4.69) is 63.2 Å². The van der Waals surface area contributed by atoms with E-state index in [1.807, 2.05) is 25.1 Å². The van der Waals surface area contributed by atoms with Crippen LogP contribution in [0.15, 0.2) is 53.1 Å². The highest BCUT2D eigenvalue weighted by Crippen LogP contribution is 2.30. The summed E-state index contributed by atoms with van der Waals surface area (Å²) in [6, 6.07) is 15.0. The van der Waals surface area contributed by atoms with E-state index in [1.54, 1.807) is 0 Å². The van der Waals surface area contributed by atoms with Crippen molar-refractivity contribution < 1.29 is 14.6 Å². The number of benzene rings is 2. The number of fused-ring (bicyclic) bond motifs is 1. The zero-order chi connectivity index (χ0) is 21.3. The summed E-state index contributed by atoms with van der Waals surface area (Å²) in [6.07, 6.45) is 3.84. The third-order valence-electron chi connectivity index (χ3n) is 4.99. The van der Waals surface area contributed by atoms with E-state index in [0.717, 1.165) is 41.9 Å². The summed E-state index contributed by atoms with van der Waals surface area (Å²) in [4.78, 5) is 0. The lowest BCUT2D eigenvalue weighted by atomic mass is 10.1. The lowest BCUT2D eigenvalue weighted by molar-refractivity contribution is 0.272. The molecule has 2 N–H and O–H groups in total. The molecule has 1 atom stereocenters. The maximum absolute atomic E-state index is 9.05. The van der Waals surface area contributed by atoms with Crippen molar-refractivity contribution in [3.05, 3.63) is 58.7 Å². The molecule has 0 amide bonds. The second-order valence-electron chi connectivity index (χ2n) is 7.41. The van der Waals surface area contributed by atoms with Crippen molar-refractivity contribution in [3.63, 3.8) is 0 Å². The zero-order valence-corrected chi connectivity index (χ0v) is 19.3. The minimum atomic E-state index is 0.222. The van der Waals surface area contributed by atoms with Crippen molar-refractivity contribution in [3.8, 4) is 11.5 Å². The van der Waals surface area contributed by atoms with Gasteiger partial charge in [0.15, 0.2) is 11.5 Å². The third-order valence-corrected chi connectivity index (χ3v) is 5.49. The van der Waals surface area contributed by atoms with E-state index in [9.17, 15) is 0 Å². The van der Waals surface area contributed by atoms with Crippen LogP contribution in [0.2, 0.25) is 0 Å². The molecular weight excluding hydrogens is 444 g/mol. The Balaban J connectivity index is 1.47. The molecule has 1 heterocycles. The molecule has 0 fully saturated rings. The van der Waals surface area contributed by atoms with Crippen LogP contribution in [0.4, 0.5) is 0 Å². The van der Waals surface area contributed by atoms with Gasteiger partial charge < -0.3 is 24.5 Å². The molecule has 0 bridgehead atoms. The number of rotatable bonds is 12. The number of hydrogen-bond acceptors (Lipinski definition) is 4. The second kappa shape index (κ2) is 11.4. The Morgan fingerprint density at radius 1 is 1.10 bits per heavy atom. The van der Waals surface area contributed by atoms with Gasteiger partial charge in [-0.25, -0.2) is 0 Å². The second-order valence-corrected chi connectivity index (χ2v) is 8.33. The number of hydrogen-bond donors (Lipinski definition) is 2. The largest absolute Gasteiger partial charge is 0.490 e. The first-order valence-electron chi connectivity index (χ1n) is 10.6. The normalized spacial score (nSPS) is 12.3. The summed E-state index contributed by atoms with van der Waals surface area (Å²) in [6.45, 7) is 7.19. The maximum atomic E-state index is 9.05. The minimum absolute atomic E-state index is 0.222. The van der Waals surface area contributed by atoms with Gasteiger partial charge in [-0.3, -0.25) is 0 Å². The third kappa shape index (κ3) is 6.24. The molecule has 0 aliphatic carbocycles. The highest BCUT2D eigenvalue weighted by Gasteiger charge is 2.08. The van der Waals surface area contributed by atoms with Crippen LogP contribution in [0.1, 0.15) is 25.8 Å². The molecule has 0 aliphatic rings. The number of aromatic nitrogens is 1. The Morgan fingerprint density at radius 3 is 2.77 bits per heavy atom. The summed E-state index contributed by atoms with van der Waals surface area (Å²) in [7, 11) is 0. The van der Waals surface area contributed by atoms with Gasteiger partial charge in [-0.1, -0.05) is 22.0 Å². The van der Waals surface area contributed by atoms with Gasteiger partial charge in [-0.05, 0) is 74.0 Å². The van der Waals surface area contributed by atoms with Gasteiger partial charge >= 0.3 is 0 Å². The van der Waals surface area contributed by atoms with Gasteiger partial charge in [0, 0.05) is 41.9 Å². The zero-order valence-electron chi connectivity index (χ0n) is 17.7. The summed E-state index contributed by atoms with van der Waals surface area (Å²) in [5, 5.41) is 13.8. The van der Waals surface area contributed by atoms with E-state index in [1.165, 1.54) is 16.5 Å². The number of aliphatic hydroxyl groups is 1. The predicted octanol–water partition coefficient (Wildman–Crippen LogP) is 4.78. The Kier molecular flexibility index (Phi) is 8.61. The van der Waals surface area contributed by atoms with Crippen molar-refractivity contribution in [1.29, 1.82) is 0 Å². The Labute approximate surface area is 187 Å². The van der Waals surface area contributed by atoms with Crippen LogP contribution in [-0.4, -0.2) is 42.1 Å². The molecule has 0 unspecified atom stereocenters. The molecule has 0 saturated heterocycles. The topological polar surface area (TPSA) is 55.7 Å². The fourth-order valence-electron chi connectivity index (χ4n) is 3.57. The standard InChI is InChI=1S/C24H31BrN2O3/c1-3-29-24-17-21(25)6-8-23(24)30-14-10-26-18(2)15-19-5-7-22-20(16-19)9-12-27(22)11-4-13-28/h5-9,12,16-18,26,28H,3-4,10-11,13-15H2,1-2H3/t18-/m1/s1. The summed E-state index contributed by atoms with van der Waals surface area (Å²) >= 11 is 3.47. The van der Waals surface area contributed by atoms with Gasteiger partial charge in [-0.15, -0.1) is 0 Å². The van der Waals surface area contributed by atoms with E-state index >= 15 is 0 Å². The van der Waals surface area contributed by atoms with Crippen LogP contribution in [0.25, 0.3) is 10.9 Å². The molecule has 3 aromatic rings. The average molecular weight is 475 g/mol. The molecular formula is C24H31BrN2O3. The monoisotopic (exact) mass is 474 g/mol. The number of nitrogens with one attached hydrogen (secondary N) is 1. The van der Waals surface area contributed by atoms with Crippen molar-refractivity contribution in [1.82, 2.24) is 9.88 Å². The van der Waals surface area contributed by atoms with Crippen molar-refractivity contribution >= 4 is 26.8 Å². The summed E-state index contributed by atoms with van der Waals surface area (Å²) < 4.78 is 14.7. The van der Waals surface area contributed by atoms with Gasteiger partial charge in [0.2, 0.25) is 0 Å². The van der Waals surface area contributed by atoms with Crippen LogP contribution in [-0.2, 0) is 13.0 Å². The van der Waals surface area contributed by atoms with Gasteiger partial charge in [0.1, 0.15) is 6.61 Å². The number of aliphatic hydroxyl groups excluding tert-OH is 1. The van der Waals surface area contributed by atoms with Crippen LogP contribution in [0.3, 0.4) is 0 Å². The Bertz CT molecular complexity index is 941. The molecule has 3 rings (SSSR count). The number of nitrogens with zero attached hydrogens (tertiary/aromatic N) is 1. The average Bonchev–Trinajstić information content (AvgIpc) is 3.13. The molecule has 162 valence electrons. The van der Waals surface area contributed by atoms with Gasteiger partial charge in [0.25, 0.3) is 0 Å². The van der Waals surface area contributed by atoms with Crippen molar-refractivity contribution in [2.75, 3.05) is 26.4 Å². The fourth-order valence-corrected chi connectivity index (χ4v) is 3.91. The molecule has 2 aromatic carbocycles. The lowest BCUT2D eigenvalue weighted by Gasteiger charge is -2.16. The highest BCUT2D eigenvalue weighted by molar-refractivity contribution is 9.10. The molecule has 6 heteroatoms. The van der Waals surface area contributed by atoms with Crippen molar-refractivity contribution in [2.45, 2.75) is 39.3 Å². The number of aryl methyl sites for hydroxylation is 1. The smallest absolute Gasteiger partial charge is 0.162 e. The first kappa shape index (κ1) is 22.7. The quantitative estimate of drug-likeness (QED) is 0.370. The maximum Gasteiger partial charge on any atom is 0.162 e. The van der Waals surface area contributed by atoms with E-state index in [4.69, 9.17) is 14.6 Å². The molecule has 5 nitrogen and oxygen atoms in total. The molecule has 0 radical (unpaired) electrons. The van der Waals surface area contributed by atoms with Crippen LogP contribution < -0.4 is 14.8 Å². The molecule has 0 spiro atoms. The van der Waals surface area contributed by atoms with Crippen LogP contribution in [0, 0.1) is 0 Å². The van der Waals surface area contributed by atoms with Gasteiger partial charge in [-0.2, -0.15) is 0 Å². The minimum Gasteiger partial charge on any atom is -0.490 e. The predicted molar refractivity (Wildman–Crippen MR) is 126 cm³/mol. The Hall–Kier alpha value is -2.02. The molecule has 0 aliphatic heterocycles. The lowest BCUT2D eigenvalue weighted by Crippen LogP contribution is -2.31. The first-order valence-corrected chi connectivity index (χ1v) is 11.4. The van der Waals surface area contributed by atoms with Crippen LogP contribution in [0.5, 0.6) is 11.5 Å². The first-order chi connectivity index (χ1) is 14.6. The summed E-state index contributed by atoms with van der Waals surface area (Å²) in [5.74, 6) is 1.53. The number of ether oxygens (including phenoxy) is 2. The molecule has 0 saturated carbocycles. The fraction of sp³-hybridized carbons (Fsp3) is 0.417. The molecule has 1 aromatic heterocycles. The number of halogens is 1. The highest BCUT2D eigenvalue weighted by atomic mass is 79.9. The van der Waals surface area contributed by atoms with Crippen LogP contribution >= 0.6 is 15.9 Å². The van der Waals surface area contributed by atoms with E-state index in [-0.39, 0.29) is 6.61 Å². The SMILES string of the molecule is CCOc1cc(Br)ccc1OCCN[C@H](C)Cc1ccc2c(ccn2CCCO)c1. The molecule has 30 heavy (non-hydrogen) atoms. The van der Waals surface area contributed by atoms with E-state index < -0.39 is 0 Å². The Morgan fingerprint density at radius 2 is 1.97 bits per heavy atom. The van der Waals surface area contributed by atoms with Gasteiger partial charge in [0.05, 0.1) is 6.61 Å². The summed E-state index contributed by atoms with van der Waals surface area (Å²) in [5.41, 5.74) is 2.54. The van der Waals surface area contributed by atoms with Crippen molar-refractivity contribution in [2.24, 2.45) is 0 Å².